The van der Waals surface area contributed by atoms with Gasteiger partial charge in [-0.1, -0.05) is 0 Å². The van der Waals surface area contributed by atoms with Crippen molar-refractivity contribution in [2.75, 3.05) is 27.3 Å². The number of benzene rings is 1. The molecule has 2 aromatic rings. The van der Waals surface area contributed by atoms with Crippen molar-refractivity contribution in [3.63, 3.8) is 0 Å². The molecule has 0 bridgehead atoms. The second-order valence-electron chi connectivity index (χ2n) is 7.25. The Kier molecular flexibility index (Phi) is 6.22. The highest BCUT2D eigenvalue weighted by atomic mass is 16.5. The van der Waals surface area contributed by atoms with Crippen molar-refractivity contribution in [2.45, 2.75) is 39.0 Å². The molecule has 0 N–H and O–H groups in total. The molecule has 1 aromatic carbocycles. The topological polar surface area (TPSA) is 82.9 Å². The van der Waals surface area contributed by atoms with Crippen LogP contribution in [0.15, 0.2) is 35.1 Å². The predicted octanol–water partition coefficient (Wildman–Crippen LogP) is 2.12. The summed E-state index contributed by atoms with van der Waals surface area (Å²) < 4.78 is 17.5. The van der Waals surface area contributed by atoms with Gasteiger partial charge in [-0.15, -0.1) is 0 Å². The summed E-state index contributed by atoms with van der Waals surface area (Å²) in [5, 5.41) is 4.48. The second kappa shape index (κ2) is 8.65. The number of aromatic nitrogens is 2. The molecule has 0 saturated carbocycles. The highest BCUT2D eigenvalue weighted by Crippen LogP contribution is 2.28. The molecule has 8 nitrogen and oxygen atoms in total. The Morgan fingerprint density at radius 3 is 2.31 bits per heavy atom. The molecule has 0 spiro atoms. The van der Waals surface area contributed by atoms with Crippen molar-refractivity contribution in [2.24, 2.45) is 0 Å². The van der Waals surface area contributed by atoms with Gasteiger partial charge in [-0.2, -0.15) is 5.10 Å². The van der Waals surface area contributed by atoms with Crippen molar-refractivity contribution in [1.29, 1.82) is 0 Å². The van der Waals surface area contributed by atoms with E-state index in [9.17, 15) is 9.59 Å². The molecule has 1 aromatic heterocycles. The zero-order valence-corrected chi connectivity index (χ0v) is 17.4. The molecule has 1 amide bonds. The number of hydrogen-bond acceptors (Lipinski definition) is 6. The van der Waals surface area contributed by atoms with Crippen LogP contribution < -0.4 is 15.0 Å². The summed E-state index contributed by atoms with van der Waals surface area (Å²) in [6.07, 6.45) is -0.101. The number of amides is 1. The van der Waals surface area contributed by atoms with Gasteiger partial charge in [-0.25, -0.2) is 4.68 Å². The van der Waals surface area contributed by atoms with Gasteiger partial charge in [0.05, 0.1) is 26.4 Å². The minimum atomic E-state index is -0.747. The van der Waals surface area contributed by atoms with Gasteiger partial charge in [0.1, 0.15) is 17.5 Å². The van der Waals surface area contributed by atoms with E-state index >= 15 is 0 Å². The molecular weight excluding hydrogens is 374 g/mol. The van der Waals surface area contributed by atoms with E-state index in [-0.39, 0.29) is 18.1 Å². The van der Waals surface area contributed by atoms with Gasteiger partial charge in [0, 0.05) is 24.7 Å². The van der Waals surface area contributed by atoms with Gasteiger partial charge in [-0.3, -0.25) is 9.59 Å². The first-order chi connectivity index (χ1) is 13.8. The van der Waals surface area contributed by atoms with Crippen LogP contribution in [-0.2, 0) is 9.53 Å². The summed E-state index contributed by atoms with van der Waals surface area (Å²) in [4.78, 5) is 27.4. The first-order valence-corrected chi connectivity index (χ1v) is 9.60. The molecule has 2 heterocycles. The molecule has 1 aliphatic heterocycles. The SMILES string of the molecule is COc1ccc(-c2nn([C@H](C)C(=O)N3C[C@H](C)O[C@@H](C)C3)c(=O)cc2OC)cc1. The highest BCUT2D eigenvalue weighted by molar-refractivity contribution is 5.80. The van der Waals surface area contributed by atoms with Crippen LogP contribution in [0.5, 0.6) is 11.5 Å². The number of hydrogen-bond donors (Lipinski definition) is 0. The Bertz CT molecular complexity index is 915. The zero-order chi connectivity index (χ0) is 21.1. The molecule has 1 aliphatic rings. The first-order valence-electron chi connectivity index (χ1n) is 9.60. The number of morpholine rings is 1. The van der Waals surface area contributed by atoms with Crippen molar-refractivity contribution in [3.05, 3.63) is 40.7 Å². The molecule has 3 atom stereocenters. The summed E-state index contributed by atoms with van der Waals surface area (Å²) in [6, 6.07) is 7.88. The lowest BCUT2D eigenvalue weighted by atomic mass is 10.1. The van der Waals surface area contributed by atoms with Crippen LogP contribution >= 0.6 is 0 Å². The van der Waals surface area contributed by atoms with E-state index in [4.69, 9.17) is 14.2 Å². The fourth-order valence-electron chi connectivity index (χ4n) is 3.56. The Morgan fingerprint density at radius 2 is 1.76 bits per heavy atom. The molecule has 1 fully saturated rings. The molecule has 29 heavy (non-hydrogen) atoms. The summed E-state index contributed by atoms with van der Waals surface area (Å²) >= 11 is 0. The van der Waals surface area contributed by atoms with Crippen LogP contribution in [0.25, 0.3) is 11.3 Å². The predicted molar refractivity (Wildman–Crippen MR) is 108 cm³/mol. The number of carbonyl (C=O) groups excluding carboxylic acids is 1. The quantitative estimate of drug-likeness (QED) is 0.763. The summed E-state index contributed by atoms with van der Waals surface area (Å²) in [7, 11) is 3.08. The van der Waals surface area contributed by atoms with Crippen molar-refractivity contribution in [3.8, 4) is 22.8 Å². The van der Waals surface area contributed by atoms with Crippen molar-refractivity contribution >= 4 is 5.91 Å². The van der Waals surface area contributed by atoms with Crippen LogP contribution in [0.3, 0.4) is 0 Å². The third kappa shape index (κ3) is 4.42. The minimum absolute atomic E-state index is 0.0506. The normalized spacial score (nSPS) is 20.2. The fraction of sp³-hybridized carbons (Fsp3) is 0.476. The van der Waals surface area contributed by atoms with Gasteiger partial charge in [0.25, 0.3) is 5.56 Å². The molecule has 156 valence electrons. The number of nitrogens with zero attached hydrogens (tertiary/aromatic N) is 3. The van der Waals surface area contributed by atoms with Crippen LogP contribution in [0.2, 0.25) is 0 Å². The van der Waals surface area contributed by atoms with Crippen molar-refractivity contribution in [1.82, 2.24) is 14.7 Å². The third-order valence-electron chi connectivity index (χ3n) is 4.96. The largest absolute Gasteiger partial charge is 0.497 e. The first kappa shape index (κ1) is 20.9. The van der Waals surface area contributed by atoms with E-state index in [0.29, 0.717) is 30.3 Å². The monoisotopic (exact) mass is 401 g/mol. The lowest BCUT2D eigenvalue weighted by Crippen LogP contribution is -2.50. The minimum Gasteiger partial charge on any atom is -0.497 e. The summed E-state index contributed by atoms with van der Waals surface area (Å²) in [6.45, 7) is 6.53. The van der Waals surface area contributed by atoms with Gasteiger partial charge in [0.2, 0.25) is 5.91 Å². The van der Waals surface area contributed by atoms with Crippen LogP contribution in [0.1, 0.15) is 26.8 Å². The number of methoxy groups -OCH3 is 2. The van der Waals surface area contributed by atoms with Crippen LogP contribution in [0.4, 0.5) is 0 Å². The number of ether oxygens (including phenoxy) is 3. The maximum atomic E-state index is 13.1. The van der Waals surface area contributed by atoms with E-state index in [1.165, 1.54) is 17.9 Å². The maximum absolute atomic E-state index is 13.1. The standard InChI is InChI=1S/C21H27N3O5/c1-13-11-23(12-14(2)29-13)21(26)15(3)24-19(25)10-18(28-5)20(22-24)16-6-8-17(27-4)9-7-16/h6-10,13-15H,11-12H2,1-5H3/t13-,14-,15+/m0/s1. The summed E-state index contributed by atoms with van der Waals surface area (Å²) in [5.74, 6) is 0.900. The van der Waals surface area contributed by atoms with Crippen LogP contribution in [-0.4, -0.2) is 60.1 Å². The lowest BCUT2D eigenvalue weighted by molar-refractivity contribution is -0.146. The van der Waals surface area contributed by atoms with Crippen molar-refractivity contribution < 1.29 is 19.0 Å². The summed E-state index contributed by atoms with van der Waals surface area (Å²) in [5.41, 5.74) is 0.845. The van der Waals surface area contributed by atoms with E-state index in [2.05, 4.69) is 5.10 Å². The third-order valence-corrected chi connectivity index (χ3v) is 4.96. The number of carbonyl (C=O) groups is 1. The molecule has 3 rings (SSSR count). The molecular formula is C21H27N3O5. The van der Waals surface area contributed by atoms with Gasteiger partial charge < -0.3 is 19.1 Å². The molecule has 0 unspecified atom stereocenters. The maximum Gasteiger partial charge on any atom is 0.271 e. The number of rotatable bonds is 5. The van der Waals surface area contributed by atoms with Gasteiger partial charge in [0.15, 0.2) is 5.75 Å². The Balaban J connectivity index is 1.96. The average Bonchev–Trinajstić information content (AvgIpc) is 2.71. The lowest BCUT2D eigenvalue weighted by Gasteiger charge is -2.36. The molecule has 0 aliphatic carbocycles. The smallest absolute Gasteiger partial charge is 0.271 e. The zero-order valence-electron chi connectivity index (χ0n) is 17.4. The fourth-order valence-corrected chi connectivity index (χ4v) is 3.56. The van der Waals surface area contributed by atoms with E-state index in [1.54, 1.807) is 31.1 Å². The van der Waals surface area contributed by atoms with E-state index < -0.39 is 11.6 Å². The molecule has 8 heteroatoms. The van der Waals surface area contributed by atoms with Crippen LogP contribution in [0, 0.1) is 0 Å². The van der Waals surface area contributed by atoms with Gasteiger partial charge in [-0.05, 0) is 45.0 Å². The Morgan fingerprint density at radius 1 is 1.14 bits per heavy atom. The molecule has 1 saturated heterocycles. The Labute approximate surface area is 170 Å². The highest BCUT2D eigenvalue weighted by Gasteiger charge is 2.30. The second-order valence-corrected chi connectivity index (χ2v) is 7.25. The molecule has 0 radical (unpaired) electrons. The van der Waals surface area contributed by atoms with E-state index in [0.717, 1.165) is 5.56 Å². The Hall–Kier alpha value is -2.87. The van der Waals surface area contributed by atoms with E-state index in [1.807, 2.05) is 26.0 Å². The average molecular weight is 401 g/mol. The van der Waals surface area contributed by atoms with Gasteiger partial charge >= 0.3 is 0 Å².